The molecule has 0 fully saturated rings. The van der Waals surface area contributed by atoms with Crippen molar-refractivity contribution in [1.82, 2.24) is 43.6 Å². The van der Waals surface area contributed by atoms with E-state index in [0.717, 1.165) is 145 Å². The summed E-state index contributed by atoms with van der Waals surface area (Å²) in [7, 11) is 0. The Kier molecular flexibility index (Phi) is 15.9. The van der Waals surface area contributed by atoms with Crippen molar-refractivity contribution in [3.8, 4) is 119 Å². The minimum Gasteiger partial charge on any atom is -0.484 e. The second kappa shape index (κ2) is 27.9. The molecule has 0 saturated carbocycles. The molecule has 4 aliphatic rings. The van der Waals surface area contributed by atoms with E-state index in [2.05, 4.69) is 366 Å². The van der Waals surface area contributed by atoms with E-state index in [1.165, 1.54) is 38.5 Å². The van der Waals surface area contributed by atoms with Crippen molar-refractivity contribution in [3.05, 3.63) is 416 Å². The third-order valence-electron chi connectivity index (χ3n) is 24.2. The molecule has 2 aliphatic heterocycles. The molecular weight excluding hydrogens is 1470 g/mol. The highest BCUT2D eigenvalue weighted by Gasteiger charge is 2.43. The molecule has 0 spiro atoms. The summed E-state index contributed by atoms with van der Waals surface area (Å²) in [5.41, 5.74) is 26.8. The molecule has 6 aromatic heterocycles. The van der Waals surface area contributed by atoms with Crippen LogP contribution in [0.2, 0.25) is 0 Å². The number of furan rings is 1. The fourth-order valence-electron chi connectivity index (χ4n) is 18.6. The fourth-order valence-corrected chi connectivity index (χ4v) is 18.6. The van der Waals surface area contributed by atoms with Crippen molar-refractivity contribution in [2.75, 3.05) is 0 Å². The summed E-state index contributed by atoms with van der Waals surface area (Å²) in [6.07, 6.45) is 8.82. The molecule has 15 aromatic carbocycles. The maximum absolute atomic E-state index is 6.98. The van der Waals surface area contributed by atoms with Crippen LogP contribution in [0.5, 0.6) is 11.5 Å². The van der Waals surface area contributed by atoms with Gasteiger partial charge in [-0.1, -0.05) is 273 Å². The van der Waals surface area contributed by atoms with Crippen molar-refractivity contribution < 1.29 is 13.9 Å². The second-order valence-electron chi connectivity index (χ2n) is 31.1. The topological polar surface area (TPSA) is 124 Å². The molecule has 0 saturated heterocycles. The van der Waals surface area contributed by atoms with E-state index in [-0.39, 0.29) is 24.0 Å². The van der Waals surface area contributed by atoms with E-state index >= 15 is 0 Å². The lowest BCUT2D eigenvalue weighted by Gasteiger charge is -2.22. The third kappa shape index (κ3) is 11.4. The van der Waals surface area contributed by atoms with E-state index in [1.54, 1.807) is 0 Å². The van der Waals surface area contributed by atoms with Crippen molar-refractivity contribution in [2.24, 2.45) is 0 Å². The van der Waals surface area contributed by atoms with Gasteiger partial charge in [-0.05, 0) is 155 Å². The van der Waals surface area contributed by atoms with Crippen LogP contribution in [0.4, 0.5) is 0 Å². The first-order valence-corrected chi connectivity index (χ1v) is 40.7. The van der Waals surface area contributed by atoms with Crippen LogP contribution in [0.15, 0.2) is 387 Å². The molecule has 564 valence electrons. The predicted molar refractivity (Wildman–Crippen MR) is 482 cm³/mol. The normalized spacial score (nSPS) is 15.2. The van der Waals surface area contributed by atoms with E-state index < -0.39 is 0 Å². The Labute approximate surface area is 689 Å². The van der Waals surface area contributed by atoms with E-state index in [4.69, 9.17) is 43.8 Å². The molecule has 25 rings (SSSR count). The summed E-state index contributed by atoms with van der Waals surface area (Å²) in [6, 6.07) is 129. The number of fused-ring (bicyclic) bond motifs is 20. The Morgan fingerprint density at radius 2 is 0.583 bits per heavy atom. The maximum Gasteiger partial charge on any atom is 0.238 e. The summed E-state index contributed by atoms with van der Waals surface area (Å²) < 4.78 is 26.9. The largest absolute Gasteiger partial charge is 0.484 e. The number of rotatable bonds is 11. The monoisotopic (exact) mass is 1540 g/mol. The highest BCUT2D eigenvalue weighted by atomic mass is 16.5. The standard InChI is InChI=1S/C57H37N5O.C51H32N4O2/c1-3-14-36(15-4-1)38-26-28-39(29-27-38)55-58-56(60-57(59-55)62-48-23-10-7-20-43(48)44-21-8-11-24-49(44)62)41-30-33-52-47(35-41)45-31-32-51-53(54(45)63-52)46-22-9-12-25-50(46)61(51)42-19-13-18-40(34-42)37-16-5-2-6-17-37;1-3-11-31(12-4-1)32-19-21-33(22-20-32)49-52-50(34-23-27-45-40(29-34)37-15-8-10-18-44(37)56-45)54-51(53-49)35-24-28-46-41(30-35)38-25-26-43-47(48(38)57-46)39-16-7-9-17-42(39)55(43)36-13-5-2-6-14-36/h1-35,45,54H;1-30,38,48H. The van der Waals surface area contributed by atoms with Gasteiger partial charge in [0.1, 0.15) is 34.9 Å². The van der Waals surface area contributed by atoms with Crippen LogP contribution in [0, 0.1) is 0 Å². The quantitative estimate of drug-likeness (QED) is 0.124. The molecule has 0 bridgehead atoms. The zero-order valence-corrected chi connectivity index (χ0v) is 64.6. The zero-order chi connectivity index (χ0) is 78.9. The van der Waals surface area contributed by atoms with Crippen LogP contribution >= 0.6 is 0 Å². The molecule has 21 aromatic rings. The molecule has 4 atom stereocenters. The Morgan fingerprint density at radius 1 is 0.233 bits per heavy atom. The molecule has 0 radical (unpaired) electrons. The molecule has 2 aliphatic carbocycles. The molecule has 4 unspecified atom stereocenters. The minimum absolute atomic E-state index is 0.00556. The number of aromatic nitrogens is 9. The highest BCUT2D eigenvalue weighted by Crippen LogP contribution is 2.56. The van der Waals surface area contributed by atoms with Gasteiger partial charge < -0.3 is 23.0 Å². The van der Waals surface area contributed by atoms with Gasteiger partial charge in [-0.25, -0.2) is 19.9 Å². The first-order chi connectivity index (χ1) is 59.5. The van der Waals surface area contributed by atoms with Crippen LogP contribution in [0.25, 0.3) is 185 Å². The van der Waals surface area contributed by atoms with Crippen molar-refractivity contribution in [1.29, 1.82) is 0 Å². The molecule has 0 N–H and O–H groups in total. The minimum atomic E-state index is -0.191. The molecule has 12 heteroatoms. The average Bonchev–Trinajstić information content (AvgIpc) is 1.57. The Hall–Kier alpha value is -15.9. The van der Waals surface area contributed by atoms with E-state index in [0.29, 0.717) is 35.1 Å². The summed E-state index contributed by atoms with van der Waals surface area (Å²) in [4.78, 5) is 31.1. The number of ether oxygens (including phenoxy) is 2. The van der Waals surface area contributed by atoms with Gasteiger partial charge >= 0.3 is 0 Å². The SMILES string of the molecule is C1=CC2c3cc(-c4nc(-c5ccc(-c6ccccc6)cc5)nc(-c5ccc6oc7ccccc7c6c5)n4)ccc3OC2c2c1n(-c1ccccc1)c1ccccc21.C1=CC2c3cc(-c4nc(-c5ccc(-c6ccccc6)cc5)nc(-n5c6ccccc6c6ccccc65)n4)ccc3OC2c2c1n(-c1cccc(-c3ccccc3)c1)c1ccccc21. The van der Waals surface area contributed by atoms with Gasteiger partial charge in [0.2, 0.25) is 5.95 Å². The van der Waals surface area contributed by atoms with Crippen LogP contribution in [-0.4, -0.2) is 43.6 Å². The maximum atomic E-state index is 6.98. The highest BCUT2D eigenvalue weighted by molar-refractivity contribution is 6.09. The Balaban J connectivity index is 0.000000137. The molecule has 0 amide bonds. The van der Waals surface area contributed by atoms with Gasteiger partial charge in [-0.15, -0.1) is 0 Å². The summed E-state index contributed by atoms with van der Waals surface area (Å²) in [6.45, 7) is 0. The number of para-hydroxylation sites is 6. The smallest absolute Gasteiger partial charge is 0.238 e. The van der Waals surface area contributed by atoms with Crippen molar-refractivity contribution in [3.63, 3.8) is 0 Å². The average molecular weight is 1540 g/mol. The first kappa shape index (κ1) is 68.5. The first-order valence-electron chi connectivity index (χ1n) is 40.7. The Bertz CT molecular complexity index is 7690. The lowest BCUT2D eigenvalue weighted by atomic mass is 9.85. The van der Waals surface area contributed by atoms with Gasteiger partial charge in [-0.2, -0.15) is 9.97 Å². The van der Waals surface area contributed by atoms with Crippen molar-refractivity contribution >= 4 is 77.7 Å². The van der Waals surface area contributed by atoms with Gasteiger partial charge in [-0.3, -0.25) is 4.57 Å². The lowest BCUT2D eigenvalue weighted by molar-refractivity contribution is 0.224. The number of benzene rings is 15. The van der Waals surface area contributed by atoms with Gasteiger partial charge in [0.05, 0.1) is 33.5 Å². The van der Waals surface area contributed by atoms with Crippen LogP contribution < -0.4 is 9.47 Å². The zero-order valence-electron chi connectivity index (χ0n) is 64.6. The van der Waals surface area contributed by atoms with E-state index in [1.807, 2.05) is 42.5 Å². The van der Waals surface area contributed by atoms with Gasteiger partial charge in [0, 0.05) is 106 Å². The molecule has 12 nitrogen and oxygen atoms in total. The molecular formula is C108H69N9O3. The van der Waals surface area contributed by atoms with Crippen LogP contribution in [0.1, 0.15) is 57.7 Å². The van der Waals surface area contributed by atoms with Crippen LogP contribution in [-0.2, 0) is 0 Å². The number of nitrogens with zero attached hydrogens (tertiary/aromatic N) is 9. The van der Waals surface area contributed by atoms with E-state index in [9.17, 15) is 0 Å². The summed E-state index contributed by atoms with van der Waals surface area (Å²) in [5, 5.41) is 6.79. The number of hydrogen-bond donors (Lipinski definition) is 0. The third-order valence-corrected chi connectivity index (χ3v) is 24.2. The van der Waals surface area contributed by atoms with Gasteiger partial charge in [0.25, 0.3) is 0 Å². The second-order valence-corrected chi connectivity index (χ2v) is 31.1. The summed E-state index contributed by atoms with van der Waals surface area (Å²) in [5.74, 6) is 5.39. The fraction of sp³-hybridized carbons (Fsp3) is 0.0370. The molecule has 120 heavy (non-hydrogen) atoms. The number of hydrogen-bond acceptors (Lipinski definition) is 9. The van der Waals surface area contributed by atoms with Crippen molar-refractivity contribution in [2.45, 2.75) is 24.0 Å². The predicted octanol–water partition coefficient (Wildman–Crippen LogP) is 26.5. The summed E-state index contributed by atoms with van der Waals surface area (Å²) >= 11 is 0. The Morgan fingerprint density at radius 3 is 1.10 bits per heavy atom. The lowest BCUT2D eigenvalue weighted by Crippen LogP contribution is -2.13. The molecule has 8 heterocycles. The van der Waals surface area contributed by atoms with Crippen LogP contribution in [0.3, 0.4) is 0 Å². The van der Waals surface area contributed by atoms with Gasteiger partial charge in [0.15, 0.2) is 29.1 Å².